The second-order valence-corrected chi connectivity index (χ2v) is 11.2. The first kappa shape index (κ1) is 27.3. The average Bonchev–Trinajstić information content (AvgIpc) is 3.71. The Morgan fingerprint density at radius 3 is 2.67 bits per heavy atom. The van der Waals surface area contributed by atoms with Gasteiger partial charge in [-0.05, 0) is 67.2 Å². The van der Waals surface area contributed by atoms with Crippen LogP contribution >= 0.6 is 11.6 Å². The van der Waals surface area contributed by atoms with Gasteiger partial charge in [-0.3, -0.25) is 9.59 Å². The number of halogens is 5. The largest absolute Gasteiger partial charge is 0.436 e. The van der Waals surface area contributed by atoms with E-state index < -0.39 is 23.9 Å². The second-order valence-electron chi connectivity index (χ2n) is 10.8. The third-order valence-corrected chi connectivity index (χ3v) is 8.36. The van der Waals surface area contributed by atoms with Crippen LogP contribution in [0.25, 0.3) is 22.5 Å². The van der Waals surface area contributed by atoms with Crippen molar-refractivity contribution in [1.29, 1.82) is 0 Å². The number of aryl methyl sites for hydroxylation is 1. The van der Waals surface area contributed by atoms with E-state index in [1.54, 1.807) is 23.1 Å². The number of amides is 2. The summed E-state index contributed by atoms with van der Waals surface area (Å²) in [7, 11) is 0. The van der Waals surface area contributed by atoms with Gasteiger partial charge in [-0.15, -0.1) is 5.10 Å². The van der Waals surface area contributed by atoms with Crippen LogP contribution in [-0.4, -0.2) is 47.7 Å². The molecule has 4 aromatic rings. The van der Waals surface area contributed by atoms with Crippen LogP contribution in [0, 0.1) is 5.95 Å². The number of hydrogen-bond donors (Lipinski definition) is 2. The number of fused-ring (bicyclic) bond motifs is 2. The molecule has 0 spiro atoms. The molecule has 0 radical (unpaired) electrons. The minimum atomic E-state index is -4.66. The van der Waals surface area contributed by atoms with Crippen LogP contribution in [0.2, 0.25) is 5.02 Å². The van der Waals surface area contributed by atoms with Crippen molar-refractivity contribution in [3.63, 3.8) is 0 Å². The topological polar surface area (TPSA) is 109 Å². The summed E-state index contributed by atoms with van der Waals surface area (Å²) < 4.78 is 55.7. The predicted molar refractivity (Wildman–Crippen MR) is 148 cm³/mol. The number of hydrogen-bond acceptors (Lipinski definition) is 5. The first-order valence-corrected chi connectivity index (χ1v) is 13.9. The van der Waals surface area contributed by atoms with Gasteiger partial charge >= 0.3 is 6.18 Å². The van der Waals surface area contributed by atoms with Crippen molar-refractivity contribution in [2.45, 2.75) is 50.4 Å². The van der Waals surface area contributed by atoms with E-state index >= 15 is 4.39 Å². The molecule has 5 heterocycles. The Kier molecular flexibility index (Phi) is 6.38. The highest BCUT2D eigenvalue weighted by Crippen LogP contribution is 2.44. The van der Waals surface area contributed by atoms with E-state index in [1.807, 2.05) is 6.07 Å². The predicted octanol–water partition coefficient (Wildman–Crippen LogP) is 5.87. The number of imidazole rings is 1. The SMILES string of the molecule is O=C1CCc2cc(-c3[nH]c([C@@H]4CC[C@@H]5CC(c6cc(Cl)ccc6-n6cc(C(F)(F)F)nn6)=CC(=O)N54)nc3F)ccc2N1. The number of nitrogens with one attached hydrogen (secondary N) is 2. The van der Waals surface area contributed by atoms with Crippen LogP contribution in [0.15, 0.2) is 48.7 Å². The molecule has 0 unspecified atom stereocenters. The molecule has 1 fully saturated rings. The van der Waals surface area contributed by atoms with Gasteiger partial charge in [-0.2, -0.15) is 17.6 Å². The summed E-state index contributed by atoms with van der Waals surface area (Å²) in [6, 6.07) is 9.19. The normalized spacial score (nSPS) is 20.1. The Morgan fingerprint density at radius 1 is 1.05 bits per heavy atom. The number of carbonyl (C=O) groups is 2. The Balaban J connectivity index is 1.18. The molecule has 2 N–H and O–H groups in total. The smallest absolute Gasteiger partial charge is 0.338 e. The molecule has 9 nitrogen and oxygen atoms in total. The van der Waals surface area contributed by atoms with Crippen LogP contribution in [0.1, 0.15) is 54.4 Å². The Labute approximate surface area is 246 Å². The Bertz CT molecular complexity index is 1830. The van der Waals surface area contributed by atoms with Crippen molar-refractivity contribution in [2.75, 3.05) is 5.32 Å². The van der Waals surface area contributed by atoms with Gasteiger partial charge in [0.2, 0.25) is 17.8 Å². The quantitative estimate of drug-likeness (QED) is 0.281. The fourth-order valence-corrected chi connectivity index (χ4v) is 6.32. The van der Waals surface area contributed by atoms with Crippen molar-refractivity contribution in [3.05, 3.63) is 82.3 Å². The number of alkyl halides is 3. The molecule has 7 rings (SSSR count). The van der Waals surface area contributed by atoms with Gasteiger partial charge in [0.15, 0.2) is 5.69 Å². The molecular formula is C29H22ClF4N7O2. The molecule has 220 valence electrons. The monoisotopic (exact) mass is 611 g/mol. The summed E-state index contributed by atoms with van der Waals surface area (Å²) in [5, 5.41) is 10.0. The van der Waals surface area contributed by atoms with Gasteiger partial charge < -0.3 is 15.2 Å². The molecular weight excluding hydrogens is 590 g/mol. The summed E-state index contributed by atoms with van der Waals surface area (Å²) in [4.78, 5) is 34.1. The summed E-state index contributed by atoms with van der Waals surface area (Å²) in [6.45, 7) is 0. The number of nitrogens with zero attached hydrogens (tertiary/aromatic N) is 5. The summed E-state index contributed by atoms with van der Waals surface area (Å²) >= 11 is 6.25. The Morgan fingerprint density at radius 2 is 1.88 bits per heavy atom. The van der Waals surface area contributed by atoms with Gasteiger partial charge in [-0.1, -0.05) is 22.9 Å². The van der Waals surface area contributed by atoms with Gasteiger partial charge in [0.25, 0.3) is 0 Å². The Hall–Kier alpha value is -4.52. The first-order chi connectivity index (χ1) is 20.5. The molecule has 14 heteroatoms. The first-order valence-electron chi connectivity index (χ1n) is 13.6. The highest BCUT2D eigenvalue weighted by molar-refractivity contribution is 6.30. The number of anilines is 1. The van der Waals surface area contributed by atoms with Crippen LogP contribution < -0.4 is 5.32 Å². The van der Waals surface area contributed by atoms with E-state index in [2.05, 4.69) is 25.6 Å². The molecule has 1 saturated heterocycles. The maximum Gasteiger partial charge on any atom is 0.436 e. The lowest BCUT2D eigenvalue weighted by atomic mass is 9.92. The minimum absolute atomic E-state index is 0.0602. The van der Waals surface area contributed by atoms with E-state index in [1.165, 1.54) is 18.2 Å². The zero-order valence-corrected chi connectivity index (χ0v) is 23.0. The molecule has 2 aromatic heterocycles. The van der Waals surface area contributed by atoms with Crippen LogP contribution in [0.5, 0.6) is 0 Å². The maximum atomic E-state index is 15.1. The zero-order valence-electron chi connectivity index (χ0n) is 22.3. The minimum Gasteiger partial charge on any atom is -0.338 e. The molecule has 2 amide bonds. The lowest BCUT2D eigenvalue weighted by Crippen LogP contribution is -2.39. The molecule has 0 bridgehead atoms. The lowest BCUT2D eigenvalue weighted by Gasteiger charge is -2.33. The molecule has 2 atom stereocenters. The van der Waals surface area contributed by atoms with Crippen LogP contribution in [-0.2, 0) is 22.2 Å². The summed E-state index contributed by atoms with van der Waals surface area (Å²) in [6.07, 6.45) is 0.0277. The third-order valence-electron chi connectivity index (χ3n) is 8.13. The molecule has 43 heavy (non-hydrogen) atoms. The van der Waals surface area contributed by atoms with Crippen molar-refractivity contribution < 1.29 is 27.2 Å². The molecule has 0 saturated carbocycles. The summed E-state index contributed by atoms with van der Waals surface area (Å²) in [5.41, 5.74) is 2.62. The number of aromatic amines is 1. The third kappa shape index (κ3) is 4.86. The average molecular weight is 612 g/mol. The molecule has 0 aliphatic carbocycles. The lowest BCUT2D eigenvalue weighted by molar-refractivity contribution is -0.141. The highest BCUT2D eigenvalue weighted by atomic mass is 35.5. The van der Waals surface area contributed by atoms with Crippen molar-refractivity contribution >= 4 is 34.7 Å². The standard InChI is InChI=1S/C29H22ClF4N7O2/c30-17-3-6-21(40-13-23(38-39-40)29(32,33)34)19(12-17)16-10-18-4-7-22(41(18)25(43)11-16)28-36-26(27(31)37-28)15-1-5-20-14(9-15)2-8-24(42)35-20/h1,3,5-6,9,11-13,18,22H,2,4,7-8,10H2,(H,35,42)(H,36,37)/t18-,22+/m1/s1. The van der Waals surface area contributed by atoms with Gasteiger partial charge in [0.05, 0.1) is 17.9 Å². The highest BCUT2D eigenvalue weighted by Gasteiger charge is 2.42. The van der Waals surface area contributed by atoms with E-state index in [0.717, 1.165) is 16.4 Å². The van der Waals surface area contributed by atoms with E-state index in [-0.39, 0.29) is 23.6 Å². The molecule has 3 aliphatic heterocycles. The van der Waals surface area contributed by atoms with Gasteiger partial charge in [0, 0.05) is 40.4 Å². The fraction of sp³-hybridized carbons (Fsp3) is 0.276. The zero-order chi connectivity index (χ0) is 30.0. The number of benzene rings is 2. The van der Waals surface area contributed by atoms with Gasteiger partial charge in [0.1, 0.15) is 11.5 Å². The van der Waals surface area contributed by atoms with E-state index in [4.69, 9.17) is 11.6 Å². The molecule has 2 aromatic carbocycles. The number of carbonyl (C=O) groups excluding carboxylic acids is 2. The number of H-pyrrole nitrogens is 1. The number of rotatable bonds is 4. The van der Waals surface area contributed by atoms with Crippen molar-refractivity contribution in [2.24, 2.45) is 0 Å². The fourth-order valence-electron chi connectivity index (χ4n) is 6.14. The molecule has 3 aliphatic rings. The number of aromatic nitrogens is 5. The van der Waals surface area contributed by atoms with Crippen molar-refractivity contribution in [1.82, 2.24) is 29.9 Å². The van der Waals surface area contributed by atoms with Crippen LogP contribution in [0.3, 0.4) is 0 Å². The van der Waals surface area contributed by atoms with E-state index in [9.17, 15) is 22.8 Å². The van der Waals surface area contributed by atoms with E-state index in [0.29, 0.717) is 71.0 Å². The van der Waals surface area contributed by atoms with Gasteiger partial charge in [-0.25, -0.2) is 9.67 Å². The van der Waals surface area contributed by atoms with Crippen LogP contribution in [0.4, 0.5) is 23.2 Å². The summed E-state index contributed by atoms with van der Waals surface area (Å²) in [5.74, 6) is -0.738. The maximum absolute atomic E-state index is 15.1. The second kappa shape index (κ2) is 10.0. The van der Waals surface area contributed by atoms with Crippen molar-refractivity contribution in [3.8, 4) is 16.9 Å².